The Bertz CT molecular complexity index is 1080. The van der Waals surface area contributed by atoms with E-state index in [0.29, 0.717) is 66.9 Å². The first-order chi connectivity index (χ1) is 18.7. The summed E-state index contributed by atoms with van der Waals surface area (Å²) in [4.78, 5) is 13.8. The van der Waals surface area contributed by atoms with Crippen LogP contribution in [0.2, 0.25) is 6.04 Å². The zero-order valence-corrected chi connectivity index (χ0v) is 26.8. The second-order valence-electron chi connectivity index (χ2n) is 11.5. The number of ketones is 1. The molecule has 0 fully saturated rings. The normalized spacial score (nSPS) is 13.1. The molecule has 0 amide bonds. The third kappa shape index (κ3) is 10.7. The number of allylic oxidation sites excluding steroid dienone is 1. The first-order valence-corrected chi connectivity index (χ1v) is 16.1. The number of hydrogen-bond donors (Lipinski definition) is 1. The lowest BCUT2D eigenvalue weighted by molar-refractivity contribution is 0.0706. The van der Waals surface area contributed by atoms with Gasteiger partial charge in [-0.25, -0.2) is 0 Å². The van der Waals surface area contributed by atoms with Crippen molar-refractivity contribution in [3.63, 3.8) is 0 Å². The van der Waals surface area contributed by atoms with Crippen molar-refractivity contribution < 1.29 is 32.7 Å². The maximum atomic E-state index is 13.8. The van der Waals surface area contributed by atoms with Crippen LogP contribution < -0.4 is 9.47 Å². The van der Waals surface area contributed by atoms with Gasteiger partial charge in [-0.3, -0.25) is 4.79 Å². The van der Waals surface area contributed by atoms with E-state index in [-0.39, 0.29) is 22.7 Å². The smallest absolute Gasteiger partial charge is 0.500 e. The Hall–Kier alpha value is -2.65. The quantitative estimate of drug-likeness (QED) is 0.100. The molecule has 2 aromatic rings. The van der Waals surface area contributed by atoms with Gasteiger partial charge in [-0.15, -0.1) is 0 Å². The van der Waals surface area contributed by atoms with E-state index in [2.05, 4.69) is 0 Å². The lowest BCUT2D eigenvalue weighted by Crippen LogP contribution is -2.45. The van der Waals surface area contributed by atoms with Gasteiger partial charge in [0.25, 0.3) is 0 Å². The summed E-state index contributed by atoms with van der Waals surface area (Å²) in [6.07, 6.45) is 0.876. The van der Waals surface area contributed by atoms with Crippen LogP contribution in [-0.2, 0) is 13.3 Å². The van der Waals surface area contributed by atoms with Crippen LogP contribution in [0.25, 0.3) is 5.76 Å². The monoisotopic (exact) mass is 572 g/mol. The van der Waals surface area contributed by atoms with Gasteiger partial charge in [-0.1, -0.05) is 0 Å². The molecule has 0 bridgehead atoms. The summed E-state index contributed by atoms with van der Waals surface area (Å²) in [5, 5.41) is 11.4. The number of carbonyl (C=O) groups is 1. The number of hydrogen-bond acceptors (Lipinski definition) is 7. The first kappa shape index (κ1) is 33.6. The summed E-state index contributed by atoms with van der Waals surface area (Å²) in [5.41, 5.74) is 0.636. The predicted octanol–water partition coefficient (Wildman–Crippen LogP) is 8.02. The van der Waals surface area contributed by atoms with Gasteiger partial charge in [0.05, 0.1) is 0 Å². The molecule has 2 rings (SSSR count). The van der Waals surface area contributed by atoms with Crippen molar-refractivity contribution in [2.75, 3.05) is 19.8 Å². The average Bonchev–Trinajstić information content (AvgIpc) is 2.85. The minimum atomic E-state index is -2.90. The second-order valence-corrected chi connectivity index (χ2v) is 14.2. The van der Waals surface area contributed by atoms with Crippen LogP contribution in [0.5, 0.6) is 11.5 Å². The third-order valence-electron chi connectivity index (χ3n) is 5.65. The van der Waals surface area contributed by atoms with E-state index in [1.54, 1.807) is 48.5 Å². The molecule has 0 aliphatic heterocycles. The zero-order chi connectivity index (χ0) is 30.0. The number of ether oxygens (including phenoxy) is 2. The van der Waals surface area contributed by atoms with Gasteiger partial charge in [-0.2, -0.15) is 0 Å². The first-order valence-electron chi connectivity index (χ1n) is 14.2. The van der Waals surface area contributed by atoms with Crippen molar-refractivity contribution in [1.82, 2.24) is 0 Å². The standard InChI is InChI=1S/C32H48O7Si/c1-10-35-40(36-11-2,37-12-3)23-13-14-28(29(33)24-15-19-26(20-16-24)38-31(4,5)6)30(34)25-17-21-27(22-18-25)39-32(7,8)9/h15-22,33H,10-14,23H2,1-9H3/b29-28-. The van der Waals surface area contributed by atoms with Gasteiger partial charge in [0.1, 0.15) is 28.5 Å². The fourth-order valence-electron chi connectivity index (χ4n) is 4.23. The Morgan fingerprint density at radius 2 is 1.10 bits per heavy atom. The van der Waals surface area contributed by atoms with Crippen LogP contribution in [0.15, 0.2) is 54.1 Å². The average molecular weight is 573 g/mol. The number of aliphatic hydroxyl groups is 1. The van der Waals surface area contributed by atoms with Gasteiger partial charge in [0.2, 0.25) is 0 Å². The fourth-order valence-corrected chi connectivity index (χ4v) is 6.85. The zero-order valence-electron chi connectivity index (χ0n) is 25.8. The molecule has 0 unspecified atom stereocenters. The number of rotatable bonds is 15. The molecule has 222 valence electrons. The molecule has 0 spiro atoms. The highest BCUT2D eigenvalue weighted by Crippen LogP contribution is 2.29. The Morgan fingerprint density at radius 1 is 0.700 bits per heavy atom. The van der Waals surface area contributed by atoms with E-state index in [1.807, 2.05) is 62.3 Å². The maximum Gasteiger partial charge on any atom is 0.500 e. The molecule has 2 aromatic carbocycles. The van der Waals surface area contributed by atoms with Crippen molar-refractivity contribution in [2.24, 2.45) is 0 Å². The van der Waals surface area contributed by atoms with Crippen LogP contribution in [0.3, 0.4) is 0 Å². The van der Waals surface area contributed by atoms with E-state index in [4.69, 9.17) is 22.8 Å². The molecular formula is C32H48O7Si. The van der Waals surface area contributed by atoms with Gasteiger partial charge in [0.15, 0.2) is 5.78 Å². The highest BCUT2D eigenvalue weighted by Gasteiger charge is 2.40. The van der Waals surface area contributed by atoms with Crippen LogP contribution in [0.1, 0.15) is 91.1 Å². The minimum absolute atomic E-state index is 0.0566. The molecule has 7 nitrogen and oxygen atoms in total. The maximum absolute atomic E-state index is 13.8. The summed E-state index contributed by atoms with van der Waals surface area (Å²) in [7, 11) is -2.90. The van der Waals surface area contributed by atoms with Crippen LogP contribution in [-0.4, -0.2) is 50.7 Å². The number of carbonyl (C=O) groups excluding carboxylic acids is 1. The summed E-state index contributed by atoms with van der Waals surface area (Å²) in [6, 6.07) is 14.7. The van der Waals surface area contributed by atoms with E-state index >= 15 is 0 Å². The molecule has 0 saturated carbocycles. The summed E-state index contributed by atoms with van der Waals surface area (Å²) < 4.78 is 29.8. The van der Waals surface area contributed by atoms with Crippen LogP contribution in [0, 0.1) is 0 Å². The van der Waals surface area contributed by atoms with Crippen LogP contribution >= 0.6 is 0 Å². The molecule has 0 aromatic heterocycles. The Labute approximate surface area is 241 Å². The van der Waals surface area contributed by atoms with Crippen molar-refractivity contribution in [3.8, 4) is 11.5 Å². The molecule has 0 atom stereocenters. The van der Waals surface area contributed by atoms with Crippen LogP contribution in [0.4, 0.5) is 0 Å². The molecule has 1 N–H and O–H groups in total. The second kappa shape index (κ2) is 14.8. The van der Waals surface area contributed by atoms with E-state index in [9.17, 15) is 9.90 Å². The number of Topliss-reactive ketones (excluding diaryl/α,β-unsaturated/α-hetero) is 1. The molecule has 8 heteroatoms. The highest BCUT2D eigenvalue weighted by atomic mass is 28.4. The molecule has 0 saturated heterocycles. The molecule has 0 radical (unpaired) electrons. The molecule has 40 heavy (non-hydrogen) atoms. The van der Waals surface area contributed by atoms with Crippen molar-refractivity contribution in [2.45, 2.75) is 92.4 Å². The minimum Gasteiger partial charge on any atom is -0.507 e. The van der Waals surface area contributed by atoms with Gasteiger partial charge in [-0.05, 0) is 124 Å². The predicted molar refractivity (Wildman–Crippen MR) is 162 cm³/mol. The van der Waals surface area contributed by atoms with Crippen molar-refractivity contribution >= 4 is 20.3 Å². The molecule has 0 aliphatic rings. The lowest BCUT2D eigenvalue weighted by Gasteiger charge is -2.28. The summed E-state index contributed by atoms with van der Waals surface area (Å²) in [5.74, 6) is 1.06. The Balaban J connectivity index is 2.41. The number of benzene rings is 2. The van der Waals surface area contributed by atoms with Crippen molar-refractivity contribution in [3.05, 3.63) is 65.2 Å². The van der Waals surface area contributed by atoms with Gasteiger partial charge >= 0.3 is 8.80 Å². The summed E-state index contributed by atoms with van der Waals surface area (Å²) in [6.45, 7) is 19.0. The Kier molecular flexibility index (Phi) is 12.4. The molecular weight excluding hydrogens is 524 g/mol. The van der Waals surface area contributed by atoms with E-state index < -0.39 is 8.80 Å². The highest BCUT2D eigenvalue weighted by molar-refractivity contribution is 6.60. The van der Waals surface area contributed by atoms with Crippen molar-refractivity contribution in [1.29, 1.82) is 0 Å². The van der Waals surface area contributed by atoms with E-state index in [1.165, 1.54) is 0 Å². The number of aliphatic hydroxyl groups excluding tert-OH is 1. The van der Waals surface area contributed by atoms with Gasteiger partial charge in [0, 0.05) is 42.6 Å². The summed E-state index contributed by atoms with van der Waals surface area (Å²) >= 11 is 0. The molecule has 0 heterocycles. The molecule has 0 aliphatic carbocycles. The fraction of sp³-hybridized carbons (Fsp3) is 0.531. The SMILES string of the molecule is CCO[Si](CCC/C(C(=O)c1ccc(OC(C)(C)C)cc1)=C(/O)c1ccc(OC(C)(C)C)cc1)(OCC)OCC. The third-order valence-corrected chi connectivity index (χ3v) is 8.81. The Morgan fingerprint density at radius 3 is 1.48 bits per heavy atom. The van der Waals surface area contributed by atoms with E-state index in [0.717, 1.165) is 0 Å². The lowest BCUT2D eigenvalue weighted by atomic mass is 9.96. The largest absolute Gasteiger partial charge is 0.507 e. The topological polar surface area (TPSA) is 83.5 Å². The van der Waals surface area contributed by atoms with Gasteiger partial charge < -0.3 is 27.9 Å².